The topological polar surface area (TPSA) is 89.5 Å². The van der Waals surface area contributed by atoms with Crippen LogP contribution in [0.3, 0.4) is 0 Å². The largest absolute Gasteiger partial charge is 0.298 e. The number of nitrogens with one attached hydrogen (secondary N) is 1. The van der Waals surface area contributed by atoms with Crippen molar-refractivity contribution >= 4 is 20.1 Å². The van der Waals surface area contributed by atoms with Crippen molar-refractivity contribution in [3.63, 3.8) is 0 Å². The van der Waals surface area contributed by atoms with Gasteiger partial charge in [0.2, 0.25) is 10.0 Å². The van der Waals surface area contributed by atoms with Gasteiger partial charge in [-0.3, -0.25) is 0 Å². The van der Waals surface area contributed by atoms with Crippen molar-refractivity contribution in [3.8, 4) is 0 Å². The van der Waals surface area contributed by atoms with E-state index in [4.69, 9.17) is 4.18 Å². The van der Waals surface area contributed by atoms with Crippen molar-refractivity contribution in [2.75, 3.05) is 0 Å². The summed E-state index contributed by atoms with van der Waals surface area (Å²) in [5, 5.41) is 0. The highest BCUT2D eigenvalue weighted by atomic mass is 32.2. The van der Waals surface area contributed by atoms with Crippen LogP contribution in [0.1, 0.15) is 30.9 Å². The van der Waals surface area contributed by atoms with Crippen molar-refractivity contribution in [2.45, 2.75) is 49.6 Å². The van der Waals surface area contributed by atoms with Crippen molar-refractivity contribution in [1.82, 2.24) is 4.72 Å². The van der Waals surface area contributed by atoms with Gasteiger partial charge in [-0.1, -0.05) is 48.7 Å². The van der Waals surface area contributed by atoms with Crippen LogP contribution in [0.15, 0.2) is 58.3 Å². The molecule has 0 fully saturated rings. The highest BCUT2D eigenvalue weighted by molar-refractivity contribution is 7.89. The van der Waals surface area contributed by atoms with E-state index >= 15 is 0 Å². The Hall–Kier alpha value is -1.74. The molecule has 0 saturated carbocycles. The Kier molecular flexibility index (Phi) is 6.57. The molecule has 2 aromatic rings. The molecule has 0 spiro atoms. The van der Waals surface area contributed by atoms with Gasteiger partial charge in [-0.2, -0.15) is 13.1 Å². The van der Waals surface area contributed by atoms with E-state index < -0.39 is 26.4 Å². The fraction of sp³-hybridized carbons (Fsp3) is 0.333. The van der Waals surface area contributed by atoms with Crippen LogP contribution in [-0.2, 0) is 24.3 Å². The van der Waals surface area contributed by atoms with Crippen molar-refractivity contribution in [1.29, 1.82) is 0 Å². The molecule has 26 heavy (non-hydrogen) atoms. The predicted octanol–water partition coefficient (Wildman–Crippen LogP) is 3.11. The maximum atomic E-state index is 12.5. The van der Waals surface area contributed by atoms with Crippen LogP contribution in [0.4, 0.5) is 0 Å². The lowest BCUT2D eigenvalue weighted by Gasteiger charge is -2.18. The fourth-order valence-electron chi connectivity index (χ4n) is 2.26. The van der Waals surface area contributed by atoms with Crippen molar-refractivity contribution in [3.05, 3.63) is 59.7 Å². The normalized spacial score (nSPS) is 13.5. The smallest absolute Gasteiger partial charge is 0.246 e. The molecule has 0 saturated heterocycles. The van der Waals surface area contributed by atoms with Crippen LogP contribution in [0.5, 0.6) is 0 Å². The molecule has 0 aromatic heterocycles. The van der Waals surface area contributed by atoms with E-state index in [-0.39, 0.29) is 16.2 Å². The van der Waals surface area contributed by atoms with Gasteiger partial charge in [-0.05, 0) is 44.5 Å². The summed E-state index contributed by atoms with van der Waals surface area (Å²) in [7, 11) is -7.99. The molecular formula is C18H23NO5S2. The van der Waals surface area contributed by atoms with Gasteiger partial charge in [-0.15, -0.1) is 0 Å². The van der Waals surface area contributed by atoms with Gasteiger partial charge >= 0.3 is 0 Å². The van der Waals surface area contributed by atoms with Crippen LogP contribution in [-0.4, -0.2) is 23.1 Å². The van der Waals surface area contributed by atoms with Gasteiger partial charge < -0.3 is 0 Å². The Labute approximate surface area is 155 Å². The molecule has 1 atom stereocenters. The summed E-state index contributed by atoms with van der Waals surface area (Å²) < 4.78 is 57.4. The first-order chi connectivity index (χ1) is 12.1. The van der Waals surface area contributed by atoms with E-state index in [2.05, 4.69) is 4.72 Å². The molecule has 1 unspecified atom stereocenters. The number of hydrogen-bond acceptors (Lipinski definition) is 5. The second kappa shape index (κ2) is 8.30. The molecule has 0 aliphatic rings. The molecule has 142 valence electrons. The molecule has 2 rings (SSSR count). The first kappa shape index (κ1) is 20.6. The lowest BCUT2D eigenvalue weighted by atomic mass is 10.2. The van der Waals surface area contributed by atoms with Crippen LogP contribution >= 0.6 is 0 Å². The molecular weight excluding hydrogens is 374 g/mol. The van der Waals surface area contributed by atoms with Crippen molar-refractivity contribution < 1.29 is 21.0 Å². The summed E-state index contributed by atoms with van der Waals surface area (Å²) in [4.78, 5) is 0.0410. The average molecular weight is 398 g/mol. The maximum Gasteiger partial charge on any atom is 0.298 e. The summed E-state index contributed by atoms with van der Waals surface area (Å²) in [6.07, 6.45) is -0.418. The van der Waals surface area contributed by atoms with Gasteiger partial charge in [0.15, 0.2) is 0 Å². The Morgan fingerprint density at radius 3 is 1.77 bits per heavy atom. The molecule has 0 radical (unpaired) electrons. The molecule has 0 heterocycles. The van der Waals surface area contributed by atoms with E-state index in [0.29, 0.717) is 6.42 Å². The zero-order chi connectivity index (χ0) is 19.4. The molecule has 0 bridgehead atoms. The molecule has 6 nitrogen and oxygen atoms in total. The lowest BCUT2D eigenvalue weighted by molar-refractivity contribution is 0.186. The number of sulfonamides is 1. The monoisotopic (exact) mass is 397 g/mol. The Morgan fingerprint density at radius 1 is 0.846 bits per heavy atom. The third-order valence-electron chi connectivity index (χ3n) is 3.72. The molecule has 2 aromatic carbocycles. The van der Waals surface area contributed by atoms with Crippen LogP contribution in [0, 0.1) is 13.8 Å². The standard InChI is InChI=1S/C18H23NO5S2/c1-4-5-18(19-25(20,21)16-10-6-14(2)7-11-16)24-26(22,23)17-12-8-15(3)9-13-17/h6-13,18-19H,4-5H2,1-3H3. The fourth-order valence-corrected chi connectivity index (χ4v) is 4.49. The number of rotatable bonds is 8. The van der Waals surface area contributed by atoms with E-state index in [1.165, 1.54) is 24.3 Å². The second-order valence-corrected chi connectivity index (χ2v) is 9.36. The van der Waals surface area contributed by atoms with Crippen molar-refractivity contribution in [2.24, 2.45) is 0 Å². The molecule has 8 heteroatoms. The minimum absolute atomic E-state index is 0.0151. The maximum absolute atomic E-state index is 12.5. The van der Waals surface area contributed by atoms with Gasteiger partial charge in [0, 0.05) is 0 Å². The summed E-state index contributed by atoms with van der Waals surface area (Å²) in [5.41, 5.74) is 1.83. The van der Waals surface area contributed by atoms with E-state index in [1.54, 1.807) is 24.3 Å². The van der Waals surface area contributed by atoms with E-state index in [1.807, 2.05) is 20.8 Å². The van der Waals surface area contributed by atoms with Crippen LogP contribution in [0.2, 0.25) is 0 Å². The summed E-state index contributed by atoms with van der Waals surface area (Å²) >= 11 is 0. The van der Waals surface area contributed by atoms with Gasteiger partial charge in [0.05, 0.1) is 9.79 Å². The third-order valence-corrected chi connectivity index (χ3v) is 6.52. The Bertz CT molecular complexity index is 857. The van der Waals surface area contributed by atoms with Crippen LogP contribution < -0.4 is 4.72 Å². The highest BCUT2D eigenvalue weighted by Crippen LogP contribution is 2.18. The van der Waals surface area contributed by atoms with E-state index in [9.17, 15) is 16.8 Å². The highest BCUT2D eigenvalue weighted by Gasteiger charge is 2.26. The molecule has 0 aliphatic carbocycles. The van der Waals surface area contributed by atoms with Crippen LogP contribution in [0.25, 0.3) is 0 Å². The summed E-state index contributed by atoms with van der Waals surface area (Å²) in [5.74, 6) is 0. The SMILES string of the molecule is CCCC(NS(=O)(=O)c1ccc(C)cc1)OS(=O)(=O)c1ccc(C)cc1. The molecule has 1 N–H and O–H groups in total. The Morgan fingerprint density at radius 2 is 1.31 bits per heavy atom. The lowest BCUT2D eigenvalue weighted by Crippen LogP contribution is -2.38. The molecule has 0 amide bonds. The van der Waals surface area contributed by atoms with Gasteiger partial charge in [0.25, 0.3) is 10.1 Å². The van der Waals surface area contributed by atoms with Gasteiger partial charge in [0.1, 0.15) is 6.23 Å². The summed E-state index contributed by atoms with van der Waals surface area (Å²) in [6, 6.07) is 12.5. The second-order valence-electron chi connectivity index (χ2n) is 6.08. The quantitative estimate of drug-likeness (QED) is 0.546. The zero-order valence-corrected chi connectivity index (χ0v) is 16.6. The predicted molar refractivity (Wildman–Crippen MR) is 99.6 cm³/mol. The first-order valence-electron chi connectivity index (χ1n) is 8.23. The summed E-state index contributed by atoms with van der Waals surface area (Å²) in [6.45, 7) is 5.50. The number of benzene rings is 2. The zero-order valence-electron chi connectivity index (χ0n) is 15.0. The average Bonchev–Trinajstić information content (AvgIpc) is 2.55. The minimum atomic E-state index is -4.09. The first-order valence-corrected chi connectivity index (χ1v) is 11.1. The molecule has 0 aliphatic heterocycles. The third kappa shape index (κ3) is 5.38. The van der Waals surface area contributed by atoms with E-state index in [0.717, 1.165) is 11.1 Å². The van der Waals surface area contributed by atoms with Gasteiger partial charge in [-0.25, -0.2) is 12.6 Å². The number of hydrogen-bond donors (Lipinski definition) is 1. The number of aryl methyl sites for hydroxylation is 2. The Balaban J connectivity index is 2.22. The minimum Gasteiger partial charge on any atom is -0.246 e.